The van der Waals surface area contributed by atoms with Gasteiger partial charge < -0.3 is 10.3 Å². The van der Waals surface area contributed by atoms with Gasteiger partial charge in [0.15, 0.2) is 0 Å². The van der Waals surface area contributed by atoms with Crippen LogP contribution in [0.25, 0.3) is 10.2 Å². The van der Waals surface area contributed by atoms with Crippen molar-refractivity contribution < 1.29 is 4.79 Å². The number of nitrogens with one attached hydrogen (secondary N) is 2. The highest BCUT2D eigenvalue weighted by atomic mass is 32.2. The Morgan fingerprint density at radius 2 is 2.07 bits per heavy atom. The molecule has 0 spiro atoms. The summed E-state index contributed by atoms with van der Waals surface area (Å²) in [4.78, 5) is 34.8. The van der Waals surface area contributed by atoms with Crippen LogP contribution in [-0.2, 0) is 23.4 Å². The highest BCUT2D eigenvalue weighted by Crippen LogP contribution is 2.33. The van der Waals surface area contributed by atoms with Crippen LogP contribution < -0.4 is 10.9 Å². The van der Waals surface area contributed by atoms with E-state index in [1.807, 2.05) is 18.2 Å². The van der Waals surface area contributed by atoms with Crippen LogP contribution in [-0.4, -0.2) is 21.6 Å². The fourth-order valence-corrected chi connectivity index (χ4v) is 6.02. The smallest absolute Gasteiger partial charge is 0.259 e. The molecule has 30 heavy (non-hydrogen) atoms. The molecule has 3 aromatic rings. The third kappa shape index (κ3) is 4.62. The number of hydrogen-bond acceptors (Lipinski definition) is 5. The Labute approximate surface area is 184 Å². The largest absolute Gasteiger partial charge is 0.326 e. The van der Waals surface area contributed by atoms with Crippen LogP contribution in [0.3, 0.4) is 0 Å². The van der Waals surface area contributed by atoms with Crippen molar-refractivity contribution in [1.82, 2.24) is 9.97 Å². The number of thioether (sulfide) groups is 1. The second kappa shape index (κ2) is 9.35. The fraction of sp³-hybridized carbons (Fsp3) is 0.435. The molecule has 2 N–H and O–H groups in total. The molecule has 1 aliphatic carbocycles. The molecule has 2 aromatic heterocycles. The number of rotatable bonds is 7. The molecule has 0 radical (unpaired) electrons. The number of carbonyl (C=O) groups is 1. The first-order valence-corrected chi connectivity index (χ1v) is 12.5. The number of aryl methyl sites for hydroxylation is 2. The molecule has 1 aromatic carbocycles. The zero-order chi connectivity index (χ0) is 21.1. The molecule has 2 heterocycles. The summed E-state index contributed by atoms with van der Waals surface area (Å²) < 4.78 is 0. The number of H-pyrrole nitrogens is 1. The van der Waals surface area contributed by atoms with E-state index in [9.17, 15) is 9.59 Å². The van der Waals surface area contributed by atoms with Crippen LogP contribution in [0.4, 0.5) is 5.69 Å². The minimum atomic E-state index is -0.0157. The van der Waals surface area contributed by atoms with Gasteiger partial charge in [0.2, 0.25) is 5.91 Å². The van der Waals surface area contributed by atoms with Gasteiger partial charge in [-0.2, -0.15) is 11.8 Å². The maximum absolute atomic E-state index is 12.6. The molecule has 0 saturated heterocycles. The number of fused-ring (bicyclic) bond motifs is 3. The van der Waals surface area contributed by atoms with Crippen LogP contribution in [0.1, 0.15) is 60.9 Å². The van der Waals surface area contributed by atoms with E-state index in [1.165, 1.54) is 16.9 Å². The van der Waals surface area contributed by atoms with Crippen molar-refractivity contribution in [2.75, 3.05) is 11.1 Å². The molecule has 5 nitrogen and oxygen atoms in total. The Bertz CT molecular complexity index is 1120. The number of anilines is 1. The van der Waals surface area contributed by atoms with Crippen molar-refractivity contribution in [1.29, 1.82) is 0 Å². The van der Waals surface area contributed by atoms with E-state index < -0.39 is 0 Å². The van der Waals surface area contributed by atoms with Crippen LogP contribution in [0.5, 0.6) is 0 Å². The van der Waals surface area contributed by atoms with Gasteiger partial charge in [0.1, 0.15) is 10.7 Å². The highest BCUT2D eigenvalue weighted by Gasteiger charge is 2.19. The van der Waals surface area contributed by atoms with Gasteiger partial charge in [-0.15, -0.1) is 11.3 Å². The Hall–Kier alpha value is -2.12. The Morgan fingerprint density at radius 3 is 2.90 bits per heavy atom. The monoisotopic (exact) mass is 441 g/mol. The van der Waals surface area contributed by atoms with Crippen molar-refractivity contribution >= 4 is 44.9 Å². The first kappa shape index (κ1) is 21.1. The Kier molecular flexibility index (Phi) is 6.58. The number of benzene rings is 1. The zero-order valence-corrected chi connectivity index (χ0v) is 19.0. The number of hydrogen-bond donors (Lipinski definition) is 2. The summed E-state index contributed by atoms with van der Waals surface area (Å²) in [6.45, 7) is 4.24. The van der Waals surface area contributed by atoms with Crippen LogP contribution >= 0.6 is 23.1 Å². The van der Waals surface area contributed by atoms with Crippen LogP contribution in [0, 0.1) is 0 Å². The number of thiophene rings is 1. The van der Waals surface area contributed by atoms with Gasteiger partial charge in [-0.3, -0.25) is 9.59 Å². The highest BCUT2D eigenvalue weighted by molar-refractivity contribution is 7.98. The van der Waals surface area contributed by atoms with Crippen LogP contribution in [0.15, 0.2) is 29.1 Å². The molecule has 7 heteroatoms. The lowest BCUT2D eigenvalue weighted by Gasteiger charge is -2.13. The van der Waals surface area contributed by atoms with E-state index in [4.69, 9.17) is 4.98 Å². The first-order valence-electron chi connectivity index (χ1n) is 10.5. The molecular formula is C23H27N3O2S2. The zero-order valence-electron chi connectivity index (χ0n) is 17.4. The van der Waals surface area contributed by atoms with E-state index in [-0.39, 0.29) is 11.5 Å². The normalized spacial score (nSPS) is 13.6. The number of aromatic amines is 1. The summed E-state index contributed by atoms with van der Waals surface area (Å²) in [5.74, 6) is 2.35. The third-order valence-electron chi connectivity index (χ3n) is 5.44. The third-order valence-corrected chi connectivity index (χ3v) is 7.60. The number of para-hydroxylation sites is 1. The number of aromatic nitrogens is 2. The predicted molar refractivity (Wildman–Crippen MR) is 127 cm³/mol. The molecule has 0 unspecified atom stereocenters. The van der Waals surface area contributed by atoms with Crippen molar-refractivity contribution in [2.24, 2.45) is 0 Å². The van der Waals surface area contributed by atoms with Gasteiger partial charge in [0.25, 0.3) is 5.56 Å². The Morgan fingerprint density at radius 1 is 1.27 bits per heavy atom. The van der Waals surface area contributed by atoms with E-state index in [2.05, 4.69) is 30.2 Å². The van der Waals surface area contributed by atoms with Crippen LogP contribution in [0.2, 0.25) is 0 Å². The predicted octanol–water partition coefficient (Wildman–Crippen LogP) is 5.25. The van der Waals surface area contributed by atoms with E-state index in [0.717, 1.165) is 40.7 Å². The lowest BCUT2D eigenvalue weighted by molar-refractivity contribution is -0.115. The number of amides is 1. The molecule has 0 fully saturated rings. The molecule has 0 saturated carbocycles. The van der Waals surface area contributed by atoms with Crippen molar-refractivity contribution in [3.8, 4) is 0 Å². The topological polar surface area (TPSA) is 74.8 Å². The van der Waals surface area contributed by atoms with E-state index >= 15 is 0 Å². The second-order valence-electron chi connectivity index (χ2n) is 8.00. The lowest BCUT2D eigenvalue weighted by atomic mass is 9.97. The average molecular weight is 442 g/mol. The SMILES string of the molecule is CC(C)c1ccccc1NC(=O)CCSCc1nc2sc3c(c2c(=O)[nH]1)CCCC3. The quantitative estimate of drug-likeness (QED) is 0.491. The van der Waals surface area contributed by atoms with Crippen molar-refractivity contribution in [3.63, 3.8) is 0 Å². The molecule has 0 bridgehead atoms. The van der Waals surface area contributed by atoms with Gasteiger partial charge in [-0.05, 0) is 48.8 Å². The second-order valence-corrected chi connectivity index (χ2v) is 10.2. The maximum atomic E-state index is 12.6. The van der Waals surface area contributed by atoms with Gasteiger partial charge in [0, 0.05) is 22.7 Å². The molecular weight excluding hydrogens is 414 g/mol. The van der Waals surface area contributed by atoms with Gasteiger partial charge >= 0.3 is 0 Å². The first-order chi connectivity index (χ1) is 14.5. The van der Waals surface area contributed by atoms with Gasteiger partial charge in [-0.25, -0.2) is 4.98 Å². The number of carbonyl (C=O) groups excluding carboxylic acids is 1. The maximum Gasteiger partial charge on any atom is 0.259 e. The molecule has 0 atom stereocenters. The summed E-state index contributed by atoms with van der Waals surface area (Å²) in [6, 6.07) is 7.94. The summed E-state index contributed by atoms with van der Waals surface area (Å²) in [5, 5.41) is 3.83. The Balaban J connectivity index is 1.33. The van der Waals surface area contributed by atoms with E-state index in [0.29, 0.717) is 29.7 Å². The number of nitrogens with zero attached hydrogens (tertiary/aromatic N) is 1. The van der Waals surface area contributed by atoms with Crippen molar-refractivity contribution in [3.05, 3.63) is 56.4 Å². The molecule has 4 rings (SSSR count). The van der Waals surface area contributed by atoms with Crippen molar-refractivity contribution in [2.45, 2.75) is 57.6 Å². The lowest BCUT2D eigenvalue weighted by Crippen LogP contribution is -2.14. The summed E-state index contributed by atoms with van der Waals surface area (Å²) in [5.41, 5.74) is 3.23. The summed E-state index contributed by atoms with van der Waals surface area (Å²) in [7, 11) is 0. The minimum Gasteiger partial charge on any atom is -0.326 e. The average Bonchev–Trinajstić information content (AvgIpc) is 3.10. The molecule has 0 aliphatic heterocycles. The fourth-order valence-electron chi connectivity index (χ4n) is 3.94. The van der Waals surface area contributed by atoms with Gasteiger partial charge in [0.05, 0.1) is 11.1 Å². The summed E-state index contributed by atoms with van der Waals surface area (Å²) >= 11 is 3.29. The molecule has 1 amide bonds. The van der Waals surface area contributed by atoms with Gasteiger partial charge in [-0.1, -0.05) is 32.0 Å². The van der Waals surface area contributed by atoms with E-state index in [1.54, 1.807) is 23.1 Å². The minimum absolute atomic E-state index is 0.0124. The molecule has 158 valence electrons. The summed E-state index contributed by atoms with van der Waals surface area (Å²) in [6.07, 6.45) is 4.83. The molecule has 1 aliphatic rings. The standard InChI is InChI=1S/C23H27N3O2S2/c1-14(2)15-7-3-5-9-17(15)24-20(27)11-12-29-13-19-25-22(28)21-16-8-4-6-10-18(16)30-23(21)26-19/h3,5,7,9,14H,4,6,8,10-13H2,1-2H3,(H,24,27)(H,25,26,28).